The second-order valence-corrected chi connectivity index (χ2v) is 6.51. The molecule has 0 saturated carbocycles. The highest BCUT2D eigenvalue weighted by Crippen LogP contribution is 2.24. The van der Waals surface area contributed by atoms with E-state index in [4.69, 9.17) is 4.42 Å². The maximum Gasteiger partial charge on any atom is 0.134 e. The number of rotatable bonds is 11. The molecule has 132 valence electrons. The van der Waals surface area contributed by atoms with Crippen molar-refractivity contribution in [3.8, 4) is 11.3 Å². The van der Waals surface area contributed by atoms with Crippen LogP contribution in [-0.2, 0) is 6.54 Å². The zero-order chi connectivity index (χ0) is 17.2. The minimum Gasteiger partial charge on any atom is -0.460 e. The van der Waals surface area contributed by atoms with Crippen molar-refractivity contribution in [1.82, 2.24) is 5.32 Å². The summed E-state index contributed by atoms with van der Waals surface area (Å²) in [5.41, 5.74) is 1.97. The van der Waals surface area contributed by atoms with Gasteiger partial charge in [-0.2, -0.15) is 0 Å². The molecule has 0 bridgehead atoms. The van der Waals surface area contributed by atoms with Gasteiger partial charge >= 0.3 is 0 Å². The van der Waals surface area contributed by atoms with E-state index in [-0.39, 0.29) is 0 Å². The molecular formula is C21H31NO2. The summed E-state index contributed by atoms with van der Waals surface area (Å²) >= 11 is 0. The Morgan fingerprint density at radius 1 is 0.958 bits per heavy atom. The lowest BCUT2D eigenvalue weighted by molar-refractivity contribution is 0.199. The van der Waals surface area contributed by atoms with E-state index >= 15 is 0 Å². The minimum absolute atomic E-state index is 0.433. The van der Waals surface area contributed by atoms with Crippen molar-refractivity contribution in [3.05, 3.63) is 47.7 Å². The first kappa shape index (κ1) is 18.8. The van der Waals surface area contributed by atoms with Crippen molar-refractivity contribution in [2.45, 2.75) is 65.0 Å². The molecule has 2 rings (SSSR count). The fourth-order valence-corrected chi connectivity index (χ4v) is 2.80. The number of aliphatic hydroxyl groups is 1. The summed E-state index contributed by atoms with van der Waals surface area (Å²) in [5.74, 6) is 1.85. The van der Waals surface area contributed by atoms with Gasteiger partial charge in [-0.1, -0.05) is 63.3 Å². The Hall–Kier alpha value is -1.58. The SMILES string of the molecule is CCCCCCCCNCc1ccc(-c2ccc([C@H](C)O)cc2)o1. The molecule has 3 nitrogen and oxygen atoms in total. The number of furan rings is 1. The third-order valence-electron chi connectivity index (χ3n) is 4.35. The normalized spacial score (nSPS) is 12.5. The van der Waals surface area contributed by atoms with Gasteiger partial charge in [-0.25, -0.2) is 0 Å². The van der Waals surface area contributed by atoms with Gasteiger partial charge in [-0.3, -0.25) is 0 Å². The lowest BCUT2D eigenvalue weighted by atomic mass is 10.1. The molecule has 0 saturated heterocycles. The molecule has 24 heavy (non-hydrogen) atoms. The monoisotopic (exact) mass is 329 g/mol. The third kappa shape index (κ3) is 6.14. The Bertz CT molecular complexity index is 572. The van der Waals surface area contributed by atoms with Crippen LogP contribution in [0.2, 0.25) is 0 Å². The molecule has 0 fully saturated rings. The Morgan fingerprint density at radius 2 is 1.67 bits per heavy atom. The van der Waals surface area contributed by atoms with Gasteiger partial charge in [0.25, 0.3) is 0 Å². The molecule has 0 unspecified atom stereocenters. The van der Waals surface area contributed by atoms with Crippen molar-refractivity contribution >= 4 is 0 Å². The molecule has 0 aliphatic heterocycles. The standard InChI is InChI=1S/C21H31NO2/c1-3-4-5-6-7-8-15-22-16-20-13-14-21(24-20)19-11-9-18(10-12-19)17(2)23/h9-14,17,22-23H,3-8,15-16H2,1-2H3/t17-/m0/s1. The van der Waals surface area contributed by atoms with Crippen molar-refractivity contribution in [1.29, 1.82) is 0 Å². The lowest BCUT2D eigenvalue weighted by Gasteiger charge is -2.05. The first-order valence-corrected chi connectivity index (χ1v) is 9.28. The second kappa shape index (κ2) is 10.3. The van der Waals surface area contributed by atoms with Crippen LogP contribution in [0.1, 0.15) is 69.8 Å². The predicted molar refractivity (Wildman–Crippen MR) is 99.9 cm³/mol. The van der Waals surface area contributed by atoms with Crippen molar-refractivity contribution in [2.75, 3.05) is 6.54 Å². The zero-order valence-corrected chi connectivity index (χ0v) is 15.1. The van der Waals surface area contributed by atoms with E-state index in [1.807, 2.05) is 36.4 Å². The Balaban J connectivity index is 1.71. The van der Waals surface area contributed by atoms with Crippen LogP contribution in [0.15, 0.2) is 40.8 Å². The van der Waals surface area contributed by atoms with E-state index < -0.39 is 6.10 Å². The summed E-state index contributed by atoms with van der Waals surface area (Å²) in [5, 5.41) is 13.0. The lowest BCUT2D eigenvalue weighted by Crippen LogP contribution is -2.14. The average molecular weight is 329 g/mol. The van der Waals surface area contributed by atoms with Crippen LogP contribution in [0.25, 0.3) is 11.3 Å². The molecule has 2 aromatic rings. The first-order valence-electron chi connectivity index (χ1n) is 9.28. The number of nitrogens with one attached hydrogen (secondary N) is 1. The molecular weight excluding hydrogens is 298 g/mol. The minimum atomic E-state index is -0.433. The zero-order valence-electron chi connectivity index (χ0n) is 15.1. The molecule has 0 aliphatic carbocycles. The highest BCUT2D eigenvalue weighted by atomic mass is 16.3. The molecule has 0 radical (unpaired) electrons. The Labute approximate surface area is 146 Å². The maximum absolute atomic E-state index is 9.56. The molecule has 1 heterocycles. The largest absolute Gasteiger partial charge is 0.460 e. The van der Waals surface area contributed by atoms with E-state index in [0.29, 0.717) is 0 Å². The predicted octanol–water partition coefficient (Wildman–Crippen LogP) is 5.45. The van der Waals surface area contributed by atoms with Crippen molar-refractivity contribution < 1.29 is 9.52 Å². The third-order valence-corrected chi connectivity index (χ3v) is 4.35. The number of hydrogen-bond donors (Lipinski definition) is 2. The number of hydrogen-bond acceptors (Lipinski definition) is 3. The van der Waals surface area contributed by atoms with Crippen LogP contribution in [-0.4, -0.2) is 11.7 Å². The maximum atomic E-state index is 9.56. The summed E-state index contributed by atoms with van der Waals surface area (Å²) in [6, 6.07) is 11.9. The Morgan fingerprint density at radius 3 is 2.38 bits per heavy atom. The van der Waals surface area contributed by atoms with Gasteiger partial charge in [0.1, 0.15) is 11.5 Å². The van der Waals surface area contributed by atoms with Crippen LogP contribution in [0.3, 0.4) is 0 Å². The number of unbranched alkanes of at least 4 members (excludes halogenated alkanes) is 5. The van der Waals surface area contributed by atoms with Gasteiger partial charge in [0.2, 0.25) is 0 Å². The Kier molecular flexibility index (Phi) is 8.06. The van der Waals surface area contributed by atoms with E-state index in [9.17, 15) is 5.11 Å². The average Bonchev–Trinajstić information content (AvgIpc) is 3.06. The van der Waals surface area contributed by atoms with Crippen LogP contribution in [0.4, 0.5) is 0 Å². The molecule has 1 aromatic carbocycles. The van der Waals surface area contributed by atoms with Crippen LogP contribution in [0.5, 0.6) is 0 Å². The van der Waals surface area contributed by atoms with Gasteiger partial charge in [0, 0.05) is 5.56 Å². The fourth-order valence-electron chi connectivity index (χ4n) is 2.80. The van der Waals surface area contributed by atoms with Crippen LogP contribution < -0.4 is 5.32 Å². The summed E-state index contributed by atoms with van der Waals surface area (Å²) in [6.45, 7) is 5.85. The smallest absolute Gasteiger partial charge is 0.134 e. The van der Waals surface area contributed by atoms with E-state index in [0.717, 1.165) is 35.7 Å². The van der Waals surface area contributed by atoms with Gasteiger partial charge in [-0.05, 0) is 37.6 Å². The highest BCUT2D eigenvalue weighted by molar-refractivity contribution is 5.58. The summed E-state index contributed by atoms with van der Waals surface area (Å²) in [7, 11) is 0. The van der Waals surface area contributed by atoms with Crippen LogP contribution >= 0.6 is 0 Å². The summed E-state index contributed by atoms with van der Waals surface area (Å²) in [4.78, 5) is 0. The van der Waals surface area contributed by atoms with E-state index in [1.54, 1.807) is 6.92 Å². The van der Waals surface area contributed by atoms with Gasteiger partial charge in [0.15, 0.2) is 0 Å². The van der Waals surface area contributed by atoms with Crippen molar-refractivity contribution in [2.24, 2.45) is 0 Å². The van der Waals surface area contributed by atoms with Gasteiger partial charge in [-0.15, -0.1) is 0 Å². The molecule has 0 spiro atoms. The van der Waals surface area contributed by atoms with Gasteiger partial charge < -0.3 is 14.8 Å². The quantitative estimate of drug-likeness (QED) is 0.539. The number of aliphatic hydroxyl groups excluding tert-OH is 1. The molecule has 3 heteroatoms. The summed E-state index contributed by atoms with van der Waals surface area (Å²) in [6.07, 6.45) is 7.50. The van der Waals surface area contributed by atoms with E-state index in [1.165, 1.54) is 38.5 Å². The van der Waals surface area contributed by atoms with Gasteiger partial charge in [0.05, 0.1) is 12.6 Å². The topological polar surface area (TPSA) is 45.4 Å². The molecule has 1 atom stereocenters. The molecule has 2 N–H and O–H groups in total. The second-order valence-electron chi connectivity index (χ2n) is 6.51. The first-order chi connectivity index (χ1) is 11.7. The molecule has 0 amide bonds. The molecule has 0 aliphatic rings. The summed E-state index contributed by atoms with van der Waals surface area (Å²) < 4.78 is 5.90. The van der Waals surface area contributed by atoms with Crippen molar-refractivity contribution in [3.63, 3.8) is 0 Å². The fraction of sp³-hybridized carbons (Fsp3) is 0.524. The highest BCUT2D eigenvalue weighted by Gasteiger charge is 2.06. The van der Waals surface area contributed by atoms with E-state index in [2.05, 4.69) is 12.2 Å². The van der Waals surface area contributed by atoms with Crippen LogP contribution in [0, 0.1) is 0 Å². The molecule has 1 aromatic heterocycles. The number of benzene rings is 1.